The van der Waals surface area contributed by atoms with E-state index in [-0.39, 0.29) is 5.91 Å². The lowest BCUT2D eigenvalue weighted by atomic mass is 9.76. The Morgan fingerprint density at radius 1 is 1.47 bits per heavy atom. The Kier molecular flexibility index (Phi) is 3.34. The summed E-state index contributed by atoms with van der Waals surface area (Å²) >= 11 is 0. The number of rotatable bonds is 2. The van der Waals surface area contributed by atoms with Crippen molar-refractivity contribution in [2.24, 2.45) is 12.5 Å². The zero-order valence-electron chi connectivity index (χ0n) is 11.5. The molecule has 0 saturated carbocycles. The number of aromatic nitrogens is 2. The average molecular weight is 265 g/mol. The van der Waals surface area contributed by atoms with Crippen LogP contribution in [0.1, 0.15) is 37.2 Å². The van der Waals surface area contributed by atoms with Crippen molar-refractivity contribution in [2.75, 3.05) is 6.54 Å². The molecule has 0 aromatic carbocycles. The number of carboxylic acid groups (broad SMARTS) is 1. The number of nitrogens with zero attached hydrogens (tertiary/aromatic N) is 3. The molecule has 0 spiro atoms. The third kappa shape index (κ3) is 2.34. The van der Waals surface area contributed by atoms with Crippen molar-refractivity contribution in [1.82, 2.24) is 14.5 Å². The van der Waals surface area contributed by atoms with Crippen LogP contribution in [0.25, 0.3) is 0 Å². The predicted molar refractivity (Wildman–Crippen MR) is 68.7 cm³/mol. The highest BCUT2D eigenvalue weighted by Gasteiger charge is 2.45. The normalized spacial score (nSPS) is 22.3. The first-order valence-electron chi connectivity index (χ1n) is 6.34. The summed E-state index contributed by atoms with van der Waals surface area (Å²) in [7, 11) is 1.73. The minimum Gasteiger partial charge on any atom is -0.480 e. The van der Waals surface area contributed by atoms with Gasteiger partial charge in [0.2, 0.25) is 0 Å². The van der Waals surface area contributed by atoms with Crippen molar-refractivity contribution in [3.8, 4) is 0 Å². The van der Waals surface area contributed by atoms with Gasteiger partial charge in [-0.1, -0.05) is 13.8 Å². The van der Waals surface area contributed by atoms with E-state index in [2.05, 4.69) is 4.98 Å². The van der Waals surface area contributed by atoms with Crippen molar-refractivity contribution in [1.29, 1.82) is 0 Å². The van der Waals surface area contributed by atoms with E-state index in [0.717, 1.165) is 12.8 Å². The zero-order chi connectivity index (χ0) is 14.2. The maximum Gasteiger partial charge on any atom is 0.326 e. The van der Waals surface area contributed by atoms with Gasteiger partial charge in [-0.15, -0.1) is 0 Å². The molecule has 1 aromatic heterocycles. The molecular weight excluding hydrogens is 246 g/mol. The second kappa shape index (κ2) is 4.68. The minimum atomic E-state index is -0.944. The smallest absolute Gasteiger partial charge is 0.326 e. The summed E-state index contributed by atoms with van der Waals surface area (Å²) in [6.07, 6.45) is 4.64. The molecule has 2 heterocycles. The van der Waals surface area contributed by atoms with Crippen LogP contribution in [-0.2, 0) is 11.8 Å². The highest BCUT2D eigenvalue weighted by molar-refractivity contribution is 5.95. The summed E-state index contributed by atoms with van der Waals surface area (Å²) in [5.74, 6) is -1.21. The predicted octanol–water partition coefficient (Wildman–Crippen LogP) is 1.14. The van der Waals surface area contributed by atoms with Gasteiger partial charge in [-0.05, 0) is 18.3 Å². The molecule has 1 atom stereocenters. The van der Waals surface area contributed by atoms with Gasteiger partial charge in [-0.25, -0.2) is 9.78 Å². The van der Waals surface area contributed by atoms with E-state index in [4.69, 9.17) is 0 Å². The summed E-state index contributed by atoms with van der Waals surface area (Å²) < 4.78 is 1.61. The fraction of sp³-hybridized carbons (Fsp3) is 0.615. The molecule has 1 saturated heterocycles. The molecule has 2 rings (SSSR count). The van der Waals surface area contributed by atoms with E-state index in [0.29, 0.717) is 12.2 Å². The molecular formula is C13H19N3O3. The van der Waals surface area contributed by atoms with Crippen LogP contribution in [0.3, 0.4) is 0 Å². The molecule has 1 N–H and O–H groups in total. The van der Waals surface area contributed by atoms with Crippen molar-refractivity contribution in [3.63, 3.8) is 0 Å². The second-order valence-corrected chi connectivity index (χ2v) is 5.72. The SMILES string of the molecule is Cn1cncc1C(=O)N1CCCC(C)(C)C1C(=O)O. The van der Waals surface area contributed by atoms with E-state index in [1.54, 1.807) is 11.6 Å². The number of carbonyl (C=O) groups excluding carboxylic acids is 1. The number of amides is 1. The topological polar surface area (TPSA) is 75.4 Å². The van der Waals surface area contributed by atoms with Gasteiger partial charge in [0, 0.05) is 13.6 Å². The molecule has 0 radical (unpaired) electrons. The number of aryl methyl sites for hydroxylation is 1. The fourth-order valence-corrected chi connectivity index (χ4v) is 2.79. The first-order chi connectivity index (χ1) is 8.84. The third-order valence-corrected chi connectivity index (χ3v) is 3.80. The van der Waals surface area contributed by atoms with E-state index in [1.807, 2.05) is 13.8 Å². The van der Waals surface area contributed by atoms with Gasteiger partial charge in [-0.2, -0.15) is 0 Å². The monoisotopic (exact) mass is 265 g/mol. The number of carbonyl (C=O) groups is 2. The van der Waals surface area contributed by atoms with Crippen molar-refractivity contribution >= 4 is 11.9 Å². The van der Waals surface area contributed by atoms with Crippen LogP contribution in [0.2, 0.25) is 0 Å². The quantitative estimate of drug-likeness (QED) is 0.870. The third-order valence-electron chi connectivity index (χ3n) is 3.80. The Morgan fingerprint density at radius 3 is 2.68 bits per heavy atom. The summed E-state index contributed by atoms with van der Waals surface area (Å²) in [5.41, 5.74) is 0.00201. The molecule has 19 heavy (non-hydrogen) atoms. The minimum absolute atomic E-state index is 0.264. The molecule has 6 nitrogen and oxygen atoms in total. The summed E-state index contributed by atoms with van der Waals surface area (Å²) in [5, 5.41) is 9.44. The molecule has 1 aromatic rings. The Bertz CT molecular complexity index is 507. The summed E-state index contributed by atoms with van der Waals surface area (Å²) in [6.45, 7) is 4.27. The first kappa shape index (κ1) is 13.6. The second-order valence-electron chi connectivity index (χ2n) is 5.72. The van der Waals surface area contributed by atoms with Crippen molar-refractivity contribution in [2.45, 2.75) is 32.7 Å². The number of imidazole rings is 1. The van der Waals surface area contributed by atoms with Crippen LogP contribution in [0, 0.1) is 5.41 Å². The number of piperidine rings is 1. The molecule has 1 unspecified atom stereocenters. The van der Waals surface area contributed by atoms with Crippen LogP contribution in [0.15, 0.2) is 12.5 Å². The maximum absolute atomic E-state index is 12.5. The van der Waals surface area contributed by atoms with E-state index in [1.165, 1.54) is 17.4 Å². The van der Waals surface area contributed by atoms with Crippen LogP contribution in [-0.4, -0.2) is 44.0 Å². The first-order valence-corrected chi connectivity index (χ1v) is 6.34. The van der Waals surface area contributed by atoms with E-state index in [9.17, 15) is 14.7 Å². The van der Waals surface area contributed by atoms with Crippen LogP contribution >= 0.6 is 0 Å². The zero-order valence-corrected chi connectivity index (χ0v) is 11.5. The van der Waals surface area contributed by atoms with Gasteiger partial charge in [0.1, 0.15) is 11.7 Å². The van der Waals surface area contributed by atoms with Crippen LogP contribution < -0.4 is 0 Å². The Hall–Kier alpha value is -1.85. The van der Waals surface area contributed by atoms with Gasteiger partial charge in [0.05, 0.1) is 12.5 Å². The van der Waals surface area contributed by atoms with Gasteiger partial charge in [0.25, 0.3) is 5.91 Å². The molecule has 0 aliphatic carbocycles. The van der Waals surface area contributed by atoms with Crippen molar-refractivity contribution < 1.29 is 14.7 Å². The highest BCUT2D eigenvalue weighted by Crippen LogP contribution is 2.35. The van der Waals surface area contributed by atoms with E-state index >= 15 is 0 Å². The maximum atomic E-state index is 12.5. The number of likely N-dealkylation sites (tertiary alicyclic amines) is 1. The molecule has 1 amide bonds. The standard InChI is InChI=1S/C13H19N3O3/c1-13(2)5-4-6-16(10(13)12(18)19)11(17)9-7-14-8-15(9)3/h7-8,10H,4-6H2,1-3H3,(H,18,19). The summed E-state index contributed by atoms with van der Waals surface area (Å²) in [4.78, 5) is 29.4. The number of hydrogen-bond acceptors (Lipinski definition) is 3. The molecule has 1 aliphatic heterocycles. The van der Waals surface area contributed by atoms with Gasteiger partial charge in [-0.3, -0.25) is 4.79 Å². The lowest BCUT2D eigenvalue weighted by Crippen LogP contribution is -2.56. The molecule has 1 fully saturated rings. The number of hydrogen-bond donors (Lipinski definition) is 1. The Labute approximate surface area is 112 Å². The molecule has 104 valence electrons. The lowest BCUT2D eigenvalue weighted by molar-refractivity contribution is -0.148. The number of aliphatic carboxylic acids is 1. The van der Waals surface area contributed by atoms with Crippen LogP contribution in [0.4, 0.5) is 0 Å². The molecule has 0 bridgehead atoms. The van der Waals surface area contributed by atoms with Gasteiger partial charge < -0.3 is 14.6 Å². The number of carboxylic acids is 1. The Balaban J connectivity index is 2.34. The van der Waals surface area contributed by atoms with Gasteiger partial charge in [0.15, 0.2) is 0 Å². The highest BCUT2D eigenvalue weighted by atomic mass is 16.4. The largest absolute Gasteiger partial charge is 0.480 e. The Morgan fingerprint density at radius 2 is 2.16 bits per heavy atom. The fourth-order valence-electron chi connectivity index (χ4n) is 2.79. The summed E-state index contributed by atoms with van der Waals surface area (Å²) in [6, 6.07) is -0.788. The molecule has 6 heteroatoms. The van der Waals surface area contributed by atoms with E-state index < -0.39 is 17.4 Å². The van der Waals surface area contributed by atoms with Crippen LogP contribution in [0.5, 0.6) is 0 Å². The average Bonchev–Trinajstić information content (AvgIpc) is 2.72. The van der Waals surface area contributed by atoms with Gasteiger partial charge >= 0.3 is 5.97 Å². The lowest BCUT2D eigenvalue weighted by Gasteiger charge is -2.43. The molecule has 1 aliphatic rings. The van der Waals surface area contributed by atoms with Crippen molar-refractivity contribution in [3.05, 3.63) is 18.2 Å².